The highest BCUT2D eigenvalue weighted by Gasteiger charge is 2.29. The maximum Gasteiger partial charge on any atom is 0.166 e. The van der Waals surface area contributed by atoms with Crippen molar-refractivity contribution in [2.75, 3.05) is 0 Å². The third-order valence-corrected chi connectivity index (χ3v) is 3.98. The number of ketones is 1. The Balaban J connectivity index is 1.57. The average molecular weight is 250 g/mol. The molecule has 3 rings (SSSR count). The van der Waals surface area contributed by atoms with Gasteiger partial charge in [-0.1, -0.05) is 54.6 Å². The van der Waals surface area contributed by atoms with Gasteiger partial charge in [-0.05, 0) is 36.8 Å². The van der Waals surface area contributed by atoms with Crippen molar-refractivity contribution < 1.29 is 4.79 Å². The molecule has 0 fully saturated rings. The van der Waals surface area contributed by atoms with Crippen LogP contribution in [0.4, 0.5) is 0 Å². The van der Waals surface area contributed by atoms with Gasteiger partial charge in [-0.15, -0.1) is 0 Å². The van der Waals surface area contributed by atoms with Gasteiger partial charge in [-0.2, -0.15) is 0 Å². The Hall–Kier alpha value is -1.89. The second kappa shape index (κ2) is 5.40. The molecule has 1 unspecified atom stereocenters. The number of aryl methyl sites for hydroxylation is 1. The van der Waals surface area contributed by atoms with Gasteiger partial charge in [0.2, 0.25) is 0 Å². The number of carbonyl (C=O) groups excluding carboxylic acids is 1. The Morgan fingerprint density at radius 1 is 0.947 bits per heavy atom. The zero-order valence-corrected chi connectivity index (χ0v) is 11.0. The van der Waals surface area contributed by atoms with E-state index in [2.05, 4.69) is 30.3 Å². The van der Waals surface area contributed by atoms with Crippen molar-refractivity contribution in [3.05, 3.63) is 71.3 Å². The van der Waals surface area contributed by atoms with Crippen molar-refractivity contribution >= 4 is 5.78 Å². The highest BCUT2D eigenvalue weighted by Crippen LogP contribution is 2.29. The fourth-order valence-corrected chi connectivity index (χ4v) is 2.95. The van der Waals surface area contributed by atoms with Crippen molar-refractivity contribution in [3.63, 3.8) is 0 Å². The van der Waals surface area contributed by atoms with E-state index in [0.29, 0.717) is 5.78 Å². The van der Waals surface area contributed by atoms with Gasteiger partial charge < -0.3 is 0 Å². The molecule has 0 spiro atoms. The van der Waals surface area contributed by atoms with Crippen LogP contribution >= 0.6 is 0 Å². The summed E-state index contributed by atoms with van der Waals surface area (Å²) in [6.07, 6.45) is 4.10. The molecule has 19 heavy (non-hydrogen) atoms. The SMILES string of the molecule is O=C1c2ccccc2CC1CCCc1ccccc1. The zero-order chi connectivity index (χ0) is 13.1. The van der Waals surface area contributed by atoms with Crippen LogP contribution in [0.25, 0.3) is 0 Å². The molecule has 0 amide bonds. The van der Waals surface area contributed by atoms with Gasteiger partial charge in [0, 0.05) is 11.5 Å². The summed E-state index contributed by atoms with van der Waals surface area (Å²) in [5.41, 5.74) is 3.55. The normalized spacial score (nSPS) is 17.5. The molecule has 0 aromatic heterocycles. The number of Topliss-reactive ketones (excluding diaryl/α,β-unsaturated/α-hetero) is 1. The van der Waals surface area contributed by atoms with Gasteiger partial charge in [0.1, 0.15) is 0 Å². The zero-order valence-electron chi connectivity index (χ0n) is 11.0. The highest BCUT2D eigenvalue weighted by molar-refractivity contribution is 6.02. The minimum Gasteiger partial charge on any atom is -0.294 e. The predicted molar refractivity (Wildman–Crippen MR) is 77.3 cm³/mol. The van der Waals surface area contributed by atoms with E-state index in [1.165, 1.54) is 11.1 Å². The van der Waals surface area contributed by atoms with Gasteiger partial charge in [-0.3, -0.25) is 4.79 Å². The molecule has 0 saturated carbocycles. The summed E-state index contributed by atoms with van der Waals surface area (Å²) in [6, 6.07) is 18.6. The molecule has 2 aromatic rings. The van der Waals surface area contributed by atoms with Gasteiger partial charge in [-0.25, -0.2) is 0 Å². The molecule has 1 atom stereocenters. The standard InChI is InChI=1S/C18H18O/c19-18-16(13-15-10-4-5-12-17(15)18)11-6-9-14-7-2-1-3-8-14/h1-5,7-8,10,12,16H,6,9,11,13H2. The van der Waals surface area contributed by atoms with Crippen LogP contribution in [0, 0.1) is 5.92 Å². The van der Waals surface area contributed by atoms with Crippen molar-refractivity contribution in [1.82, 2.24) is 0 Å². The molecule has 0 aliphatic heterocycles. The van der Waals surface area contributed by atoms with Gasteiger partial charge >= 0.3 is 0 Å². The number of fused-ring (bicyclic) bond motifs is 1. The second-order valence-electron chi connectivity index (χ2n) is 5.30. The first-order valence-corrected chi connectivity index (χ1v) is 7.00. The van der Waals surface area contributed by atoms with Gasteiger partial charge in [0.05, 0.1) is 0 Å². The number of rotatable bonds is 4. The third kappa shape index (κ3) is 2.60. The molecule has 96 valence electrons. The fraction of sp³-hybridized carbons (Fsp3) is 0.278. The minimum absolute atomic E-state index is 0.209. The van der Waals surface area contributed by atoms with E-state index < -0.39 is 0 Å². The number of carbonyl (C=O) groups is 1. The summed E-state index contributed by atoms with van der Waals surface area (Å²) in [5, 5.41) is 0. The van der Waals surface area contributed by atoms with E-state index in [0.717, 1.165) is 31.2 Å². The van der Waals surface area contributed by atoms with E-state index in [1.807, 2.05) is 24.3 Å². The Morgan fingerprint density at radius 3 is 2.47 bits per heavy atom. The molecule has 0 heterocycles. The number of benzene rings is 2. The fourth-order valence-electron chi connectivity index (χ4n) is 2.95. The topological polar surface area (TPSA) is 17.1 Å². The Labute approximate surface area is 114 Å². The quantitative estimate of drug-likeness (QED) is 0.799. The molecule has 1 nitrogen and oxygen atoms in total. The molecule has 0 radical (unpaired) electrons. The number of hydrogen-bond acceptors (Lipinski definition) is 1. The maximum atomic E-state index is 12.2. The molecule has 1 heteroatoms. The second-order valence-corrected chi connectivity index (χ2v) is 5.30. The van der Waals surface area contributed by atoms with E-state index >= 15 is 0 Å². The first kappa shape index (κ1) is 12.2. The third-order valence-electron chi connectivity index (χ3n) is 3.98. The highest BCUT2D eigenvalue weighted by atomic mass is 16.1. The average Bonchev–Trinajstić information content (AvgIpc) is 2.78. The van der Waals surface area contributed by atoms with Crippen LogP contribution in [0.3, 0.4) is 0 Å². The lowest BCUT2D eigenvalue weighted by Crippen LogP contribution is -2.09. The smallest absolute Gasteiger partial charge is 0.166 e. The van der Waals surface area contributed by atoms with Crippen molar-refractivity contribution in [1.29, 1.82) is 0 Å². The van der Waals surface area contributed by atoms with E-state index in [1.54, 1.807) is 0 Å². The van der Waals surface area contributed by atoms with E-state index in [9.17, 15) is 4.79 Å². The summed E-state index contributed by atoms with van der Waals surface area (Å²) in [6.45, 7) is 0. The lowest BCUT2D eigenvalue weighted by molar-refractivity contribution is 0.0929. The summed E-state index contributed by atoms with van der Waals surface area (Å²) in [7, 11) is 0. The van der Waals surface area contributed by atoms with Gasteiger partial charge in [0.15, 0.2) is 5.78 Å². The van der Waals surface area contributed by atoms with Crippen LogP contribution in [0.5, 0.6) is 0 Å². The summed E-state index contributed by atoms with van der Waals surface area (Å²) in [4.78, 5) is 12.2. The summed E-state index contributed by atoms with van der Waals surface area (Å²) < 4.78 is 0. The summed E-state index contributed by atoms with van der Waals surface area (Å²) in [5.74, 6) is 0.560. The van der Waals surface area contributed by atoms with Crippen molar-refractivity contribution in [2.24, 2.45) is 5.92 Å². The van der Waals surface area contributed by atoms with Crippen LogP contribution in [-0.4, -0.2) is 5.78 Å². The lowest BCUT2D eigenvalue weighted by atomic mass is 9.96. The monoisotopic (exact) mass is 250 g/mol. The molecule has 0 saturated heterocycles. The Kier molecular flexibility index (Phi) is 3.45. The van der Waals surface area contributed by atoms with Crippen LogP contribution in [0.2, 0.25) is 0 Å². The Morgan fingerprint density at radius 2 is 1.68 bits per heavy atom. The molecule has 0 N–H and O–H groups in total. The molecule has 0 bridgehead atoms. The molecular weight excluding hydrogens is 232 g/mol. The first-order valence-electron chi connectivity index (χ1n) is 7.00. The molecule has 2 aromatic carbocycles. The molecule has 1 aliphatic carbocycles. The van der Waals surface area contributed by atoms with Gasteiger partial charge in [0.25, 0.3) is 0 Å². The summed E-state index contributed by atoms with van der Waals surface area (Å²) >= 11 is 0. The van der Waals surface area contributed by atoms with Crippen LogP contribution in [0.1, 0.15) is 34.3 Å². The minimum atomic E-state index is 0.209. The van der Waals surface area contributed by atoms with Crippen LogP contribution in [-0.2, 0) is 12.8 Å². The lowest BCUT2D eigenvalue weighted by Gasteiger charge is -2.07. The van der Waals surface area contributed by atoms with Crippen LogP contribution in [0.15, 0.2) is 54.6 Å². The Bertz CT molecular complexity index is 571. The molecular formula is C18H18O. The van der Waals surface area contributed by atoms with Crippen LogP contribution < -0.4 is 0 Å². The number of hydrogen-bond donors (Lipinski definition) is 0. The predicted octanol–water partition coefficient (Wildman–Crippen LogP) is 4.06. The van der Waals surface area contributed by atoms with Crippen molar-refractivity contribution in [2.45, 2.75) is 25.7 Å². The van der Waals surface area contributed by atoms with E-state index in [4.69, 9.17) is 0 Å². The van der Waals surface area contributed by atoms with Crippen molar-refractivity contribution in [3.8, 4) is 0 Å². The van der Waals surface area contributed by atoms with E-state index in [-0.39, 0.29) is 5.92 Å². The first-order chi connectivity index (χ1) is 9.34. The maximum absolute atomic E-state index is 12.2. The molecule has 1 aliphatic rings. The largest absolute Gasteiger partial charge is 0.294 e.